The van der Waals surface area contributed by atoms with Gasteiger partial charge in [0.15, 0.2) is 0 Å². The van der Waals surface area contributed by atoms with Gasteiger partial charge in [-0.2, -0.15) is 13.2 Å². The number of alkyl halides is 3. The molecule has 1 aromatic rings. The van der Waals surface area contributed by atoms with Gasteiger partial charge in [-0.25, -0.2) is 18.5 Å². The van der Waals surface area contributed by atoms with Crippen LogP contribution in [0.25, 0.3) is 0 Å². The first kappa shape index (κ1) is 16.0. The minimum Gasteiger partial charge on any atom is -0.357 e. The van der Waals surface area contributed by atoms with Crippen LogP contribution >= 0.6 is 0 Å². The maximum atomic E-state index is 12.6. The van der Waals surface area contributed by atoms with E-state index in [1.165, 1.54) is 12.1 Å². The molecule has 1 aliphatic rings. The van der Waals surface area contributed by atoms with Gasteiger partial charge in [-0.15, -0.1) is 0 Å². The van der Waals surface area contributed by atoms with Crippen molar-refractivity contribution in [1.82, 2.24) is 4.98 Å². The van der Waals surface area contributed by atoms with E-state index >= 15 is 0 Å². The van der Waals surface area contributed by atoms with Crippen molar-refractivity contribution in [3.63, 3.8) is 0 Å². The number of hydrogen-bond donors (Lipinski definition) is 1. The van der Waals surface area contributed by atoms with Gasteiger partial charge in [0.2, 0.25) is 10.0 Å². The zero-order valence-corrected chi connectivity index (χ0v) is 12.0. The molecule has 1 fully saturated rings. The van der Waals surface area contributed by atoms with E-state index in [1.54, 1.807) is 4.90 Å². The largest absolute Gasteiger partial charge is 0.433 e. The van der Waals surface area contributed by atoms with E-state index in [0.717, 1.165) is 6.07 Å². The number of primary sulfonamides is 1. The fraction of sp³-hybridized carbons (Fsp3) is 0.583. The second-order valence-electron chi connectivity index (χ2n) is 5.14. The first-order valence-corrected chi connectivity index (χ1v) is 8.16. The second-order valence-corrected chi connectivity index (χ2v) is 6.80. The van der Waals surface area contributed by atoms with Crippen LogP contribution < -0.4 is 10.0 Å². The molecule has 1 aliphatic heterocycles. The Kier molecular flexibility index (Phi) is 4.43. The van der Waals surface area contributed by atoms with Crippen LogP contribution in [-0.2, 0) is 16.2 Å². The first-order chi connectivity index (χ1) is 9.65. The van der Waals surface area contributed by atoms with Crippen molar-refractivity contribution in [1.29, 1.82) is 0 Å². The van der Waals surface area contributed by atoms with Gasteiger partial charge in [-0.05, 0) is 30.9 Å². The number of piperidine rings is 1. The Morgan fingerprint density at radius 1 is 1.29 bits per heavy atom. The van der Waals surface area contributed by atoms with Crippen LogP contribution in [0.15, 0.2) is 18.2 Å². The smallest absolute Gasteiger partial charge is 0.357 e. The van der Waals surface area contributed by atoms with Crippen molar-refractivity contribution < 1.29 is 21.6 Å². The molecule has 0 amide bonds. The van der Waals surface area contributed by atoms with E-state index in [2.05, 4.69) is 4.98 Å². The third-order valence-corrected chi connectivity index (χ3v) is 4.37. The predicted octanol–water partition coefficient (Wildman–Crippen LogP) is 1.61. The summed E-state index contributed by atoms with van der Waals surface area (Å²) < 4.78 is 59.9. The molecule has 0 unspecified atom stereocenters. The Balaban J connectivity index is 2.03. The maximum absolute atomic E-state index is 12.6. The second kappa shape index (κ2) is 5.80. The molecule has 0 saturated carbocycles. The van der Waals surface area contributed by atoms with E-state index in [4.69, 9.17) is 5.14 Å². The minimum atomic E-state index is -4.47. The Morgan fingerprint density at radius 2 is 1.90 bits per heavy atom. The molecule has 2 N–H and O–H groups in total. The predicted molar refractivity (Wildman–Crippen MR) is 72.2 cm³/mol. The summed E-state index contributed by atoms with van der Waals surface area (Å²) in [6, 6.07) is 3.77. The molecule has 1 saturated heterocycles. The van der Waals surface area contributed by atoms with Crippen LogP contribution in [0.3, 0.4) is 0 Å². The number of aromatic nitrogens is 1. The third kappa shape index (κ3) is 4.57. The number of halogens is 3. The molecule has 2 rings (SSSR count). The molecule has 21 heavy (non-hydrogen) atoms. The molecule has 0 spiro atoms. The van der Waals surface area contributed by atoms with Gasteiger partial charge >= 0.3 is 6.18 Å². The summed E-state index contributed by atoms with van der Waals surface area (Å²) in [5.74, 6) is 0.123. The highest BCUT2D eigenvalue weighted by atomic mass is 32.2. The maximum Gasteiger partial charge on any atom is 0.433 e. The van der Waals surface area contributed by atoms with E-state index in [0.29, 0.717) is 25.9 Å². The summed E-state index contributed by atoms with van der Waals surface area (Å²) in [6.45, 7) is 0.934. The van der Waals surface area contributed by atoms with Crippen molar-refractivity contribution >= 4 is 15.8 Å². The summed E-state index contributed by atoms with van der Waals surface area (Å²) in [5, 5.41) is 5.00. The van der Waals surface area contributed by atoms with E-state index in [1.807, 2.05) is 0 Å². The van der Waals surface area contributed by atoms with E-state index in [9.17, 15) is 21.6 Å². The van der Waals surface area contributed by atoms with Gasteiger partial charge in [-0.1, -0.05) is 6.07 Å². The lowest BCUT2D eigenvalue weighted by molar-refractivity contribution is -0.141. The quantitative estimate of drug-likeness (QED) is 0.917. The van der Waals surface area contributed by atoms with Crippen LogP contribution in [0.5, 0.6) is 0 Å². The van der Waals surface area contributed by atoms with Crippen molar-refractivity contribution in [2.45, 2.75) is 19.0 Å². The average molecular weight is 323 g/mol. The molecule has 0 aromatic carbocycles. The Hall–Kier alpha value is -1.35. The SMILES string of the molecule is NS(=O)(=O)CC1CCN(c2cccc(C(F)(F)F)n2)CC1. The Bertz CT molecular complexity index is 596. The number of rotatable bonds is 3. The number of nitrogens with two attached hydrogens (primary N) is 1. The van der Waals surface area contributed by atoms with E-state index in [-0.39, 0.29) is 17.5 Å². The molecule has 5 nitrogen and oxygen atoms in total. The monoisotopic (exact) mass is 323 g/mol. The first-order valence-electron chi connectivity index (χ1n) is 6.45. The topological polar surface area (TPSA) is 76.3 Å². The van der Waals surface area contributed by atoms with Crippen LogP contribution in [0.4, 0.5) is 19.0 Å². The van der Waals surface area contributed by atoms with Gasteiger partial charge in [0.1, 0.15) is 11.5 Å². The average Bonchev–Trinajstić information content (AvgIpc) is 2.37. The fourth-order valence-corrected chi connectivity index (χ4v) is 3.40. The lowest BCUT2D eigenvalue weighted by Crippen LogP contribution is -2.37. The highest BCUT2D eigenvalue weighted by Gasteiger charge is 2.33. The van der Waals surface area contributed by atoms with Gasteiger partial charge in [0.05, 0.1) is 5.75 Å². The van der Waals surface area contributed by atoms with Gasteiger partial charge in [0, 0.05) is 13.1 Å². The molecule has 0 radical (unpaired) electrons. The normalized spacial score (nSPS) is 18.0. The lowest BCUT2D eigenvalue weighted by atomic mass is 9.99. The Morgan fingerprint density at radius 3 is 2.43 bits per heavy atom. The van der Waals surface area contributed by atoms with E-state index < -0.39 is 21.9 Å². The molecule has 0 aliphatic carbocycles. The number of hydrogen-bond acceptors (Lipinski definition) is 4. The summed E-state index contributed by atoms with van der Waals surface area (Å²) in [6.07, 6.45) is -3.34. The number of anilines is 1. The molecule has 118 valence electrons. The molecule has 0 bridgehead atoms. The highest BCUT2D eigenvalue weighted by molar-refractivity contribution is 7.89. The molecule has 2 heterocycles. The van der Waals surface area contributed by atoms with Crippen molar-refractivity contribution in [3.05, 3.63) is 23.9 Å². The number of sulfonamides is 1. The van der Waals surface area contributed by atoms with Crippen molar-refractivity contribution in [3.8, 4) is 0 Å². The zero-order valence-electron chi connectivity index (χ0n) is 11.2. The Labute approximate surface area is 121 Å². The molecular weight excluding hydrogens is 307 g/mol. The van der Waals surface area contributed by atoms with Crippen molar-refractivity contribution in [2.24, 2.45) is 11.1 Å². The van der Waals surface area contributed by atoms with Crippen LogP contribution in [0.2, 0.25) is 0 Å². The summed E-state index contributed by atoms with van der Waals surface area (Å²) in [7, 11) is -3.51. The summed E-state index contributed by atoms with van der Waals surface area (Å²) in [5.41, 5.74) is -0.924. The van der Waals surface area contributed by atoms with Gasteiger partial charge in [-0.3, -0.25) is 0 Å². The van der Waals surface area contributed by atoms with Crippen LogP contribution in [-0.4, -0.2) is 32.2 Å². The van der Waals surface area contributed by atoms with Crippen LogP contribution in [0.1, 0.15) is 18.5 Å². The summed E-state index contributed by atoms with van der Waals surface area (Å²) in [4.78, 5) is 5.36. The summed E-state index contributed by atoms with van der Waals surface area (Å²) >= 11 is 0. The zero-order chi connectivity index (χ0) is 15.7. The molecule has 1 aromatic heterocycles. The standard InChI is InChI=1S/C12H16F3N3O2S/c13-12(14,15)10-2-1-3-11(17-10)18-6-4-9(5-7-18)8-21(16,19)20/h1-3,9H,4-8H2,(H2,16,19,20). The number of pyridine rings is 1. The molecule has 0 atom stereocenters. The van der Waals surface area contributed by atoms with Gasteiger partial charge in [0.25, 0.3) is 0 Å². The van der Waals surface area contributed by atoms with Crippen LogP contribution in [0, 0.1) is 5.92 Å². The molecule has 9 heteroatoms. The third-order valence-electron chi connectivity index (χ3n) is 3.43. The van der Waals surface area contributed by atoms with Gasteiger partial charge < -0.3 is 4.90 Å². The number of nitrogens with zero attached hydrogens (tertiary/aromatic N) is 2. The minimum absolute atomic E-state index is 0.0537. The fourth-order valence-electron chi connectivity index (χ4n) is 2.41. The highest BCUT2D eigenvalue weighted by Crippen LogP contribution is 2.30. The molecular formula is C12H16F3N3O2S. The van der Waals surface area contributed by atoms with Crippen molar-refractivity contribution in [2.75, 3.05) is 23.7 Å². The lowest BCUT2D eigenvalue weighted by Gasteiger charge is -2.32.